The number of rotatable bonds is 3. The molecule has 0 spiro atoms. The van der Waals surface area contributed by atoms with E-state index in [4.69, 9.17) is 5.11 Å². The SMILES string of the molecule is O=C(O)c1c[nH]c2ccc(C=CCBr)cc2c1=O. The predicted molar refractivity (Wildman–Crippen MR) is 74.4 cm³/mol. The molecular weight excluding hydrogens is 298 g/mol. The highest BCUT2D eigenvalue weighted by Crippen LogP contribution is 2.12. The molecule has 0 aliphatic carbocycles. The quantitative estimate of drug-likeness (QED) is 0.856. The molecule has 0 fully saturated rings. The summed E-state index contributed by atoms with van der Waals surface area (Å²) in [6, 6.07) is 5.30. The molecule has 2 rings (SSSR count). The van der Waals surface area contributed by atoms with Crippen LogP contribution in [0.4, 0.5) is 0 Å². The molecule has 1 heterocycles. The van der Waals surface area contributed by atoms with Gasteiger partial charge in [0.15, 0.2) is 0 Å². The molecule has 1 aromatic carbocycles. The molecule has 92 valence electrons. The van der Waals surface area contributed by atoms with Crippen molar-refractivity contribution in [2.75, 3.05) is 5.33 Å². The Kier molecular flexibility index (Phi) is 3.62. The van der Waals surface area contributed by atoms with Gasteiger partial charge in [-0.05, 0) is 17.7 Å². The molecule has 2 N–H and O–H groups in total. The normalized spacial score (nSPS) is 11.2. The highest BCUT2D eigenvalue weighted by molar-refractivity contribution is 9.09. The monoisotopic (exact) mass is 307 g/mol. The number of H-pyrrole nitrogens is 1. The van der Waals surface area contributed by atoms with Gasteiger partial charge in [0.05, 0.1) is 0 Å². The van der Waals surface area contributed by atoms with E-state index in [9.17, 15) is 9.59 Å². The molecule has 5 heteroatoms. The van der Waals surface area contributed by atoms with Gasteiger partial charge >= 0.3 is 5.97 Å². The second-order valence-electron chi connectivity index (χ2n) is 3.70. The number of hydrogen-bond acceptors (Lipinski definition) is 2. The van der Waals surface area contributed by atoms with E-state index in [1.54, 1.807) is 12.1 Å². The van der Waals surface area contributed by atoms with E-state index < -0.39 is 11.4 Å². The lowest BCUT2D eigenvalue weighted by Crippen LogP contribution is -2.15. The van der Waals surface area contributed by atoms with Gasteiger partial charge in [0.1, 0.15) is 5.56 Å². The van der Waals surface area contributed by atoms with Crippen LogP contribution in [0.25, 0.3) is 17.0 Å². The van der Waals surface area contributed by atoms with Crippen molar-refractivity contribution < 1.29 is 9.90 Å². The van der Waals surface area contributed by atoms with Gasteiger partial charge in [0.2, 0.25) is 5.43 Å². The van der Waals surface area contributed by atoms with Gasteiger partial charge in [0, 0.05) is 22.4 Å². The molecule has 18 heavy (non-hydrogen) atoms. The number of pyridine rings is 1. The van der Waals surface area contributed by atoms with Crippen LogP contribution in [0.5, 0.6) is 0 Å². The highest BCUT2D eigenvalue weighted by atomic mass is 79.9. The minimum atomic E-state index is -1.22. The molecule has 1 aromatic heterocycles. The number of benzene rings is 1. The van der Waals surface area contributed by atoms with Crippen LogP contribution in [0, 0.1) is 0 Å². The predicted octanol–water partition coefficient (Wildman–Crippen LogP) is 2.63. The zero-order valence-electron chi connectivity index (χ0n) is 9.31. The number of aromatic nitrogens is 1. The van der Waals surface area contributed by atoms with E-state index in [1.165, 1.54) is 6.20 Å². The number of aromatic amines is 1. The maximum absolute atomic E-state index is 12.0. The molecule has 0 atom stereocenters. The largest absolute Gasteiger partial charge is 0.477 e. The van der Waals surface area contributed by atoms with Gasteiger partial charge in [0.25, 0.3) is 0 Å². The average molecular weight is 308 g/mol. The summed E-state index contributed by atoms with van der Waals surface area (Å²) >= 11 is 3.27. The van der Waals surface area contributed by atoms with Gasteiger partial charge < -0.3 is 10.1 Å². The summed E-state index contributed by atoms with van der Waals surface area (Å²) in [5.74, 6) is -1.22. The van der Waals surface area contributed by atoms with Crippen LogP contribution < -0.4 is 5.43 Å². The van der Waals surface area contributed by atoms with Crippen molar-refractivity contribution in [3.05, 3.63) is 51.8 Å². The van der Waals surface area contributed by atoms with Gasteiger partial charge in [-0.1, -0.05) is 34.1 Å². The van der Waals surface area contributed by atoms with E-state index in [1.807, 2.05) is 18.2 Å². The van der Waals surface area contributed by atoms with E-state index in [-0.39, 0.29) is 5.56 Å². The minimum absolute atomic E-state index is 0.246. The standard InChI is InChI=1S/C13H10BrNO3/c14-5-1-2-8-3-4-11-9(6-8)12(16)10(7-15-11)13(17)18/h1-4,6-7H,5H2,(H,15,16)(H,17,18). The Morgan fingerprint density at radius 2 is 2.22 bits per heavy atom. The fourth-order valence-corrected chi connectivity index (χ4v) is 1.87. The molecule has 2 aromatic rings. The van der Waals surface area contributed by atoms with Crippen LogP contribution in [0.2, 0.25) is 0 Å². The number of allylic oxidation sites excluding steroid dienone is 1. The van der Waals surface area contributed by atoms with Crippen molar-refractivity contribution in [3.63, 3.8) is 0 Å². The fraction of sp³-hybridized carbons (Fsp3) is 0.0769. The Morgan fingerprint density at radius 1 is 1.44 bits per heavy atom. The van der Waals surface area contributed by atoms with Crippen LogP contribution in [-0.4, -0.2) is 21.4 Å². The van der Waals surface area contributed by atoms with Crippen molar-refractivity contribution in [2.24, 2.45) is 0 Å². The molecule has 0 unspecified atom stereocenters. The third-order valence-corrected chi connectivity index (χ3v) is 2.91. The number of hydrogen-bond donors (Lipinski definition) is 2. The first kappa shape index (κ1) is 12.6. The Bertz CT molecular complexity index is 688. The molecule has 4 nitrogen and oxygen atoms in total. The summed E-state index contributed by atoms with van der Waals surface area (Å²) in [5, 5.41) is 10.00. The minimum Gasteiger partial charge on any atom is -0.477 e. The molecule has 0 saturated heterocycles. The molecule has 0 amide bonds. The van der Waals surface area contributed by atoms with Crippen LogP contribution in [0.15, 0.2) is 35.3 Å². The zero-order chi connectivity index (χ0) is 13.1. The number of halogens is 1. The third kappa shape index (κ3) is 2.36. The summed E-state index contributed by atoms with van der Waals surface area (Å²) in [4.78, 5) is 25.7. The molecule has 0 radical (unpaired) electrons. The lowest BCUT2D eigenvalue weighted by Gasteiger charge is -2.01. The van der Waals surface area contributed by atoms with Crippen LogP contribution in [0.3, 0.4) is 0 Å². The Morgan fingerprint density at radius 3 is 2.89 bits per heavy atom. The van der Waals surface area contributed by atoms with Gasteiger partial charge in [-0.15, -0.1) is 0 Å². The highest BCUT2D eigenvalue weighted by Gasteiger charge is 2.11. The first-order valence-corrected chi connectivity index (χ1v) is 6.37. The maximum atomic E-state index is 12.0. The summed E-state index contributed by atoms with van der Waals surface area (Å²) in [6.45, 7) is 0. The Hall–Kier alpha value is -1.88. The van der Waals surface area contributed by atoms with Crippen molar-refractivity contribution in [1.82, 2.24) is 4.98 Å². The number of alkyl halides is 1. The summed E-state index contributed by atoms with van der Waals surface area (Å²) in [6.07, 6.45) is 4.98. The second-order valence-corrected chi connectivity index (χ2v) is 4.35. The second kappa shape index (κ2) is 5.18. The van der Waals surface area contributed by atoms with E-state index in [0.717, 1.165) is 10.9 Å². The van der Waals surface area contributed by atoms with Crippen LogP contribution in [-0.2, 0) is 0 Å². The molecule has 0 saturated carbocycles. The van der Waals surface area contributed by atoms with Crippen molar-refractivity contribution >= 4 is 38.9 Å². The maximum Gasteiger partial charge on any atom is 0.341 e. The molecule has 0 aliphatic rings. The van der Waals surface area contributed by atoms with E-state index in [0.29, 0.717) is 10.9 Å². The smallest absolute Gasteiger partial charge is 0.341 e. The van der Waals surface area contributed by atoms with Crippen molar-refractivity contribution in [2.45, 2.75) is 0 Å². The first-order chi connectivity index (χ1) is 8.63. The average Bonchev–Trinajstić information content (AvgIpc) is 2.36. The topological polar surface area (TPSA) is 70.2 Å². The zero-order valence-corrected chi connectivity index (χ0v) is 10.9. The Balaban J connectivity index is 2.67. The molecule has 0 aliphatic heterocycles. The van der Waals surface area contributed by atoms with Crippen molar-refractivity contribution in [3.8, 4) is 0 Å². The van der Waals surface area contributed by atoms with Crippen molar-refractivity contribution in [1.29, 1.82) is 0 Å². The van der Waals surface area contributed by atoms with E-state index in [2.05, 4.69) is 20.9 Å². The number of fused-ring (bicyclic) bond motifs is 1. The number of nitrogens with one attached hydrogen (secondary N) is 1. The number of aromatic carboxylic acids is 1. The van der Waals surface area contributed by atoms with Gasteiger partial charge in [-0.25, -0.2) is 4.79 Å². The van der Waals surface area contributed by atoms with Gasteiger partial charge in [-0.3, -0.25) is 4.79 Å². The van der Waals surface area contributed by atoms with Crippen LogP contribution >= 0.6 is 15.9 Å². The van der Waals surface area contributed by atoms with Crippen LogP contribution in [0.1, 0.15) is 15.9 Å². The van der Waals surface area contributed by atoms with Gasteiger partial charge in [-0.2, -0.15) is 0 Å². The Labute approximate surface area is 111 Å². The summed E-state index contributed by atoms with van der Waals surface area (Å²) < 4.78 is 0. The number of carboxylic acids is 1. The molecule has 0 bridgehead atoms. The first-order valence-electron chi connectivity index (χ1n) is 5.24. The fourth-order valence-electron chi connectivity index (χ4n) is 1.68. The van der Waals surface area contributed by atoms with E-state index >= 15 is 0 Å². The third-order valence-electron chi connectivity index (χ3n) is 2.53. The number of carbonyl (C=O) groups is 1. The molecular formula is C13H10BrNO3. The lowest BCUT2D eigenvalue weighted by molar-refractivity contribution is 0.0695. The number of carboxylic acid groups (broad SMARTS) is 1. The lowest BCUT2D eigenvalue weighted by atomic mass is 10.1. The summed E-state index contributed by atoms with van der Waals surface area (Å²) in [7, 11) is 0. The summed E-state index contributed by atoms with van der Waals surface area (Å²) in [5.41, 5.74) is 0.769.